The van der Waals surface area contributed by atoms with Gasteiger partial charge in [0.25, 0.3) is 0 Å². The van der Waals surface area contributed by atoms with Gasteiger partial charge in [-0.1, -0.05) is 0 Å². The molecule has 0 aliphatic carbocycles. The fraction of sp³-hybridized carbons (Fsp3) is 0.429. The van der Waals surface area contributed by atoms with Gasteiger partial charge in [-0.15, -0.1) is 24.0 Å². The number of hydrogen-bond donors (Lipinski definition) is 4. The van der Waals surface area contributed by atoms with Gasteiger partial charge in [-0.2, -0.15) is 10.4 Å². The monoisotopic (exact) mass is 556 g/mol. The number of nitrogen functional groups attached to an aromatic ring is 1. The van der Waals surface area contributed by atoms with Crippen LogP contribution in [0.3, 0.4) is 0 Å². The summed E-state index contributed by atoms with van der Waals surface area (Å²) in [6.07, 6.45) is 1.17. The molecule has 174 valence electrons. The molecule has 2 aromatic rings. The highest BCUT2D eigenvalue weighted by Gasteiger charge is 2.17. The molecule has 1 aromatic heterocycles. The number of hydrogen-bond acceptors (Lipinski definition) is 5. The molecule has 32 heavy (non-hydrogen) atoms. The summed E-state index contributed by atoms with van der Waals surface area (Å²) in [6, 6.07) is 7.82. The van der Waals surface area contributed by atoms with Crippen LogP contribution in [0.25, 0.3) is 5.69 Å². The van der Waals surface area contributed by atoms with Gasteiger partial charge in [0.1, 0.15) is 23.3 Å². The normalized spacial score (nSPS) is 11.3. The highest BCUT2D eigenvalue weighted by atomic mass is 127. The van der Waals surface area contributed by atoms with E-state index in [0.717, 1.165) is 0 Å². The van der Waals surface area contributed by atoms with Gasteiger partial charge in [-0.3, -0.25) is 9.79 Å². The molecule has 1 heterocycles. The maximum Gasteiger partial charge on any atom is 0.239 e. The van der Waals surface area contributed by atoms with Crippen molar-refractivity contribution in [1.29, 1.82) is 5.26 Å². The molecule has 0 fully saturated rings. The third-order valence-electron chi connectivity index (χ3n) is 4.21. The molecule has 5 N–H and O–H groups in total. The van der Waals surface area contributed by atoms with Crippen LogP contribution < -0.4 is 21.7 Å². The van der Waals surface area contributed by atoms with E-state index in [9.17, 15) is 14.4 Å². The Morgan fingerprint density at radius 1 is 1.28 bits per heavy atom. The van der Waals surface area contributed by atoms with Crippen molar-refractivity contribution in [3.05, 3.63) is 41.3 Å². The van der Waals surface area contributed by atoms with Crippen molar-refractivity contribution in [2.75, 3.05) is 25.9 Å². The number of nitriles is 1. The zero-order valence-corrected chi connectivity index (χ0v) is 21.0. The van der Waals surface area contributed by atoms with E-state index < -0.39 is 0 Å². The molecule has 0 bridgehead atoms. The van der Waals surface area contributed by atoms with E-state index in [0.29, 0.717) is 42.3 Å². The number of nitrogens with two attached hydrogens (primary N) is 1. The van der Waals surface area contributed by atoms with Crippen molar-refractivity contribution < 1.29 is 9.18 Å². The molecule has 0 unspecified atom stereocenters. The van der Waals surface area contributed by atoms with E-state index >= 15 is 0 Å². The maximum absolute atomic E-state index is 13.2. The Morgan fingerprint density at radius 2 is 1.94 bits per heavy atom. The van der Waals surface area contributed by atoms with Gasteiger partial charge in [0.2, 0.25) is 5.91 Å². The van der Waals surface area contributed by atoms with Crippen LogP contribution in [0.15, 0.2) is 29.3 Å². The van der Waals surface area contributed by atoms with Crippen molar-refractivity contribution >= 4 is 41.7 Å². The number of nitrogens with one attached hydrogen (secondary N) is 3. The zero-order valence-electron chi connectivity index (χ0n) is 18.7. The van der Waals surface area contributed by atoms with Crippen molar-refractivity contribution in [1.82, 2.24) is 25.7 Å². The fourth-order valence-corrected chi connectivity index (χ4v) is 2.86. The molecule has 0 radical (unpaired) electrons. The molecule has 1 amide bonds. The van der Waals surface area contributed by atoms with E-state index in [1.807, 2.05) is 20.8 Å². The first-order valence-electron chi connectivity index (χ1n) is 9.93. The molecule has 0 saturated heterocycles. The molecule has 0 saturated carbocycles. The van der Waals surface area contributed by atoms with E-state index in [-0.39, 0.29) is 53.6 Å². The smallest absolute Gasteiger partial charge is 0.239 e. The van der Waals surface area contributed by atoms with Crippen molar-refractivity contribution in [3.8, 4) is 11.8 Å². The largest absolute Gasteiger partial charge is 0.382 e. The number of amides is 1. The Kier molecular flexibility index (Phi) is 10.4. The fourth-order valence-electron chi connectivity index (χ4n) is 2.86. The van der Waals surface area contributed by atoms with Gasteiger partial charge in [0.15, 0.2) is 5.96 Å². The summed E-state index contributed by atoms with van der Waals surface area (Å²) in [5, 5.41) is 22.8. The summed E-state index contributed by atoms with van der Waals surface area (Å²) in [4.78, 5) is 16.0. The van der Waals surface area contributed by atoms with E-state index in [1.54, 1.807) is 19.2 Å². The topological polar surface area (TPSA) is 133 Å². The van der Waals surface area contributed by atoms with Crippen molar-refractivity contribution in [2.45, 2.75) is 39.2 Å². The second-order valence-electron chi connectivity index (χ2n) is 7.96. The third-order valence-corrected chi connectivity index (χ3v) is 4.21. The number of aliphatic imine (C=N–C) groups is 1. The number of rotatable bonds is 7. The lowest BCUT2D eigenvalue weighted by Gasteiger charge is -2.21. The SMILES string of the molecule is CN=C(NCCCc1nn(-c2ccc(F)cc2)c(N)c1C#N)NCC(=O)NC(C)(C)C.I. The third kappa shape index (κ3) is 7.99. The van der Waals surface area contributed by atoms with Gasteiger partial charge in [-0.25, -0.2) is 9.07 Å². The lowest BCUT2D eigenvalue weighted by Crippen LogP contribution is -2.48. The van der Waals surface area contributed by atoms with Gasteiger partial charge < -0.3 is 21.7 Å². The van der Waals surface area contributed by atoms with E-state index in [2.05, 4.69) is 32.1 Å². The predicted molar refractivity (Wildman–Crippen MR) is 134 cm³/mol. The molecule has 9 nitrogen and oxygen atoms in total. The van der Waals surface area contributed by atoms with Crippen molar-refractivity contribution in [3.63, 3.8) is 0 Å². The number of carbonyl (C=O) groups excluding carboxylic acids is 1. The Morgan fingerprint density at radius 3 is 2.50 bits per heavy atom. The number of anilines is 1. The second kappa shape index (κ2) is 12.2. The Hall–Kier alpha value is -2.88. The zero-order chi connectivity index (χ0) is 23.0. The van der Waals surface area contributed by atoms with Crippen molar-refractivity contribution in [2.24, 2.45) is 4.99 Å². The molecule has 2 rings (SSSR count). The Labute approximate surface area is 204 Å². The average Bonchev–Trinajstić information content (AvgIpc) is 3.02. The molecular formula is C21H30FIN8O. The van der Waals surface area contributed by atoms with Crippen LogP contribution in [0.1, 0.15) is 38.4 Å². The van der Waals surface area contributed by atoms with Gasteiger partial charge >= 0.3 is 0 Å². The molecule has 0 atom stereocenters. The number of halogens is 2. The number of carbonyl (C=O) groups is 1. The van der Waals surface area contributed by atoms with Crippen LogP contribution in [0.4, 0.5) is 10.2 Å². The van der Waals surface area contributed by atoms with Crippen LogP contribution in [0.5, 0.6) is 0 Å². The Balaban J connectivity index is 0.00000512. The number of nitrogens with zero attached hydrogens (tertiary/aromatic N) is 4. The second-order valence-corrected chi connectivity index (χ2v) is 7.96. The number of benzene rings is 1. The number of guanidine groups is 1. The summed E-state index contributed by atoms with van der Waals surface area (Å²) < 4.78 is 14.6. The quantitative estimate of drug-likeness (QED) is 0.179. The van der Waals surface area contributed by atoms with Crippen LogP contribution >= 0.6 is 24.0 Å². The highest BCUT2D eigenvalue weighted by Crippen LogP contribution is 2.21. The van der Waals surface area contributed by atoms with Crippen LogP contribution in [0.2, 0.25) is 0 Å². The van der Waals surface area contributed by atoms with Crippen LogP contribution in [-0.4, -0.2) is 47.3 Å². The minimum Gasteiger partial charge on any atom is -0.382 e. The average molecular weight is 556 g/mol. The first kappa shape index (κ1) is 27.2. The highest BCUT2D eigenvalue weighted by molar-refractivity contribution is 14.0. The summed E-state index contributed by atoms with van der Waals surface area (Å²) in [6.45, 7) is 6.40. The van der Waals surface area contributed by atoms with E-state index in [1.165, 1.54) is 16.8 Å². The lowest BCUT2D eigenvalue weighted by molar-refractivity contribution is -0.121. The van der Waals surface area contributed by atoms with Gasteiger partial charge in [0, 0.05) is 19.1 Å². The first-order valence-corrected chi connectivity index (χ1v) is 9.93. The first-order chi connectivity index (χ1) is 14.6. The van der Waals surface area contributed by atoms with Crippen LogP contribution in [-0.2, 0) is 11.2 Å². The molecular weight excluding hydrogens is 526 g/mol. The van der Waals surface area contributed by atoms with Gasteiger partial charge in [0.05, 0.1) is 17.9 Å². The lowest BCUT2D eigenvalue weighted by atomic mass is 10.1. The Bertz CT molecular complexity index is 973. The predicted octanol–water partition coefficient (Wildman–Crippen LogP) is 2.10. The minimum atomic E-state index is -0.362. The molecule has 0 aliphatic rings. The maximum atomic E-state index is 13.2. The summed E-state index contributed by atoms with van der Waals surface area (Å²) >= 11 is 0. The summed E-state index contributed by atoms with van der Waals surface area (Å²) in [7, 11) is 1.62. The molecule has 11 heteroatoms. The summed E-state index contributed by atoms with van der Waals surface area (Å²) in [5.74, 6) is 0.232. The molecule has 0 spiro atoms. The summed E-state index contributed by atoms with van der Waals surface area (Å²) in [5.41, 5.74) is 7.23. The van der Waals surface area contributed by atoms with E-state index in [4.69, 9.17) is 5.73 Å². The molecule has 0 aliphatic heterocycles. The number of aromatic nitrogens is 2. The molecule has 1 aromatic carbocycles. The standard InChI is InChI=1S/C21H29FN8O.HI/c1-21(2,3)28-18(31)13-27-20(25-4)26-11-5-6-17-16(12-23)19(24)30(29-17)15-9-7-14(22)8-10-15;/h7-10H,5-6,11,13,24H2,1-4H3,(H,28,31)(H2,25,26,27);1H. The van der Waals surface area contributed by atoms with Gasteiger partial charge in [-0.05, 0) is 57.9 Å². The minimum absolute atomic E-state index is 0. The van der Waals surface area contributed by atoms with Crippen LogP contribution in [0, 0.1) is 17.1 Å². The number of aryl methyl sites for hydroxylation is 1.